The van der Waals surface area contributed by atoms with Crippen LogP contribution in [0.5, 0.6) is 11.5 Å². The summed E-state index contributed by atoms with van der Waals surface area (Å²) >= 11 is 0. The zero-order chi connectivity index (χ0) is 30.7. The first-order valence-corrected chi connectivity index (χ1v) is 15.7. The van der Waals surface area contributed by atoms with Gasteiger partial charge in [-0.2, -0.15) is 13.7 Å². The van der Waals surface area contributed by atoms with Gasteiger partial charge in [0.1, 0.15) is 23.4 Å². The summed E-state index contributed by atoms with van der Waals surface area (Å²) in [7, 11) is 0. The Morgan fingerprint density at radius 1 is 0.667 bits per heavy atom. The van der Waals surface area contributed by atoms with Crippen LogP contribution in [-0.2, 0) is 13.1 Å². The molecule has 0 amide bonds. The Morgan fingerprint density at radius 3 is 2.24 bits per heavy atom. The summed E-state index contributed by atoms with van der Waals surface area (Å²) in [6, 6.07) is 39.1. The summed E-state index contributed by atoms with van der Waals surface area (Å²) in [5.74, 6) is 0.673. The van der Waals surface area contributed by atoms with Crippen LogP contribution in [0.4, 0.5) is 0 Å². The van der Waals surface area contributed by atoms with Crippen molar-refractivity contribution in [2.24, 2.45) is 0 Å². The van der Waals surface area contributed by atoms with Crippen LogP contribution in [0.1, 0.15) is 31.9 Å². The smallest absolute Gasteiger partial charge is 0.262 e. The molecule has 0 atom stereocenters. The number of nitrogens with zero attached hydrogens (tertiary/aromatic N) is 3. The minimum atomic E-state index is -0.896. The number of pyridine rings is 3. The van der Waals surface area contributed by atoms with Crippen molar-refractivity contribution in [3.8, 4) is 62.2 Å². The molecule has 0 unspecified atom stereocenters. The van der Waals surface area contributed by atoms with Gasteiger partial charge in [0.25, 0.3) is 5.69 Å². The molecule has 6 aromatic rings. The summed E-state index contributed by atoms with van der Waals surface area (Å²) in [6.07, 6.45) is 4.33. The van der Waals surface area contributed by atoms with Crippen molar-refractivity contribution in [2.75, 3.05) is 0 Å². The lowest BCUT2D eigenvalue weighted by Crippen LogP contribution is -2.42. The van der Waals surface area contributed by atoms with Crippen LogP contribution in [0.2, 0.25) is 0 Å². The van der Waals surface area contributed by atoms with Gasteiger partial charge < -0.3 is 9.47 Å². The molecule has 2 aliphatic rings. The van der Waals surface area contributed by atoms with Crippen LogP contribution in [0.25, 0.3) is 50.7 Å². The van der Waals surface area contributed by atoms with Crippen molar-refractivity contribution in [2.45, 2.75) is 46.6 Å². The molecule has 0 N–H and O–H groups in total. The van der Waals surface area contributed by atoms with Crippen LogP contribution >= 0.6 is 0 Å². The lowest BCUT2D eigenvalue weighted by molar-refractivity contribution is -0.683. The lowest BCUT2D eigenvalue weighted by atomic mass is 9.96. The number of hydrogen-bond donors (Lipinski definition) is 0. The fourth-order valence-corrected chi connectivity index (χ4v) is 7.01. The molecule has 5 heterocycles. The minimum Gasteiger partial charge on any atom is -0.453 e. The van der Waals surface area contributed by atoms with E-state index in [-0.39, 0.29) is 0 Å². The topological polar surface area (TPSA) is 30.1 Å². The number of benzene rings is 3. The largest absolute Gasteiger partial charge is 0.453 e. The molecule has 8 rings (SSSR count). The van der Waals surface area contributed by atoms with E-state index in [1.54, 1.807) is 0 Å². The number of aryl methyl sites for hydroxylation is 2. The van der Waals surface area contributed by atoms with Crippen LogP contribution in [-0.4, -0.2) is 5.79 Å². The van der Waals surface area contributed by atoms with Gasteiger partial charge in [0.2, 0.25) is 28.6 Å². The molecule has 5 nitrogen and oxygen atoms in total. The summed E-state index contributed by atoms with van der Waals surface area (Å²) < 4.78 is 20.4. The standard InChI is InChI=1S/C40H36N3O2/c1-5-41-23-9-8-17-34(41)32-15-10-16-33-38(32)43-35(30-14-7-6-13-27(30)2)18-11-19-36(43)31-22-21-29-25-28(31)26-42-24-12-20-37(39(33)42)45-40(3,4)44-29/h6-25H,5,26H2,1-4H3/q+3. The number of hydrogen-bond acceptors (Lipinski definition) is 2. The second-order valence-corrected chi connectivity index (χ2v) is 12.3. The van der Waals surface area contributed by atoms with Gasteiger partial charge in [0.05, 0.1) is 5.56 Å². The maximum absolute atomic E-state index is 6.77. The Bertz CT molecular complexity index is 2130. The Kier molecular flexibility index (Phi) is 6.31. The second-order valence-electron chi connectivity index (χ2n) is 12.3. The Morgan fingerprint density at radius 2 is 1.40 bits per heavy atom. The maximum atomic E-state index is 6.77. The molecule has 0 radical (unpaired) electrons. The van der Waals surface area contributed by atoms with Gasteiger partial charge in [-0.1, -0.05) is 24.3 Å². The predicted molar refractivity (Wildman–Crippen MR) is 175 cm³/mol. The van der Waals surface area contributed by atoms with Gasteiger partial charge >= 0.3 is 0 Å². The quantitative estimate of drug-likeness (QED) is 0.201. The summed E-state index contributed by atoms with van der Waals surface area (Å²) in [4.78, 5) is 0. The van der Waals surface area contributed by atoms with E-state index in [9.17, 15) is 0 Å². The van der Waals surface area contributed by atoms with Crippen LogP contribution < -0.4 is 23.2 Å². The average molecular weight is 591 g/mol. The molecule has 220 valence electrons. The first kappa shape index (κ1) is 27.3. The Balaban J connectivity index is 1.62. The van der Waals surface area contributed by atoms with Crippen LogP contribution in [0.3, 0.4) is 0 Å². The number of fused-ring (bicyclic) bond motifs is 5. The minimum absolute atomic E-state index is 0.665. The van der Waals surface area contributed by atoms with Gasteiger partial charge in [-0.15, -0.1) is 0 Å². The maximum Gasteiger partial charge on any atom is 0.262 e. The molecule has 0 fully saturated rings. The fraction of sp³-hybridized carbons (Fsp3) is 0.175. The van der Waals surface area contributed by atoms with Gasteiger partial charge in [-0.05, 0) is 74.0 Å². The molecule has 0 saturated carbocycles. The molecule has 45 heavy (non-hydrogen) atoms. The number of para-hydroxylation sites is 1. The van der Waals surface area contributed by atoms with Gasteiger partial charge in [0, 0.05) is 55.3 Å². The van der Waals surface area contributed by atoms with E-state index < -0.39 is 5.79 Å². The predicted octanol–water partition coefficient (Wildman–Crippen LogP) is 7.40. The van der Waals surface area contributed by atoms with Crippen molar-refractivity contribution < 1.29 is 23.2 Å². The third-order valence-electron chi connectivity index (χ3n) is 8.93. The molecular formula is C40H36N3O2+3. The van der Waals surface area contributed by atoms with Crippen LogP contribution in [0, 0.1) is 6.92 Å². The molecule has 2 aliphatic heterocycles. The van der Waals surface area contributed by atoms with E-state index in [4.69, 9.17) is 9.47 Å². The molecule has 5 heteroatoms. The molecule has 0 aliphatic carbocycles. The average Bonchev–Trinajstić information content (AvgIpc) is 3.09. The fourth-order valence-electron chi connectivity index (χ4n) is 7.01. The van der Waals surface area contributed by atoms with E-state index >= 15 is 0 Å². The van der Waals surface area contributed by atoms with Crippen molar-refractivity contribution >= 4 is 0 Å². The monoisotopic (exact) mass is 590 g/mol. The molecule has 3 aromatic carbocycles. The zero-order valence-corrected chi connectivity index (χ0v) is 26.1. The third kappa shape index (κ3) is 4.50. The van der Waals surface area contributed by atoms with Crippen molar-refractivity contribution in [1.82, 2.24) is 0 Å². The summed E-state index contributed by atoms with van der Waals surface area (Å²) in [5, 5.41) is 0. The molecule has 3 aromatic heterocycles. The molecule has 5 bridgehead atoms. The van der Waals surface area contributed by atoms with Crippen molar-refractivity contribution in [1.29, 1.82) is 0 Å². The van der Waals surface area contributed by atoms with E-state index in [1.807, 2.05) is 13.8 Å². The summed E-state index contributed by atoms with van der Waals surface area (Å²) in [6.45, 7) is 9.87. The van der Waals surface area contributed by atoms with Crippen molar-refractivity contribution in [3.05, 3.63) is 133 Å². The van der Waals surface area contributed by atoms with Crippen LogP contribution in [0.15, 0.2) is 122 Å². The molecule has 0 spiro atoms. The summed E-state index contributed by atoms with van der Waals surface area (Å²) in [5.41, 5.74) is 12.5. The Hall–Kier alpha value is -5.29. The van der Waals surface area contributed by atoms with Gasteiger partial charge in [-0.3, -0.25) is 0 Å². The second kappa shape index (κ2) is 10.4. The molecular weight excluding hydrogens is 554 g/mol. The number of rotatable bonds is 3. The Labute approximate surface area is 264 Å². The first-order valence-electron chi connectivity index (χ1n) is 15.7. The van der Waals surface area contributed by atoms with E-state index in [0.29, 0.717) is 6.54 Å². The third-order valence-corrected chi connectivity index (χ3v) is 8.93. The zero-order valence-electron chi connectivity index (χ0n) is 26.1. The normalized spacial score (nSPS) is 13.9. The number of ether oxygens (including phenoxy) is 2. The lowest BCUT2D eigenvalue weighted by Gasteiger charge is -2.28. The highest BCUT2D eigenvalue weighted by Gasteiger charge is 2.40. The van der Waals surface area contributed by atoms with E-state index in [2.05, 4.69) is 149 Å². The van der Waals surface area contributed by atoms with Crippen molar-refractivity contribution in [3.63, 3.8) is 0 Å². The highest BCUT2D eigenvalue weighted by atomic mass is 16.7. The number of aromatic nitrogens is 3. The van der Waals surface area contributed by atoms with Gasteiger partial charge in [0.15, 0.2) is 24.7 Å². The first-order chi connectivity index (χ1) is 21.9. The van der Waals surface area contributed by atoms with E-state index in [0.717, 1.165) is 57.6 Å². The van der Waals surface area contributed by atoms with E-state index in [1.165, 1.54) is 22.3 Å². The highest BCUT2D eigenvalue weighted by molar-refractivity contribution is 5.82. The highest BCUT2D eigenvalue weighted by Crippen LogP contribution is 2.41. The SMILES string of the molecule is CC[n+]1ccccc1-c1cccc2c1-[n+]1c(-c3ccccc3C)cccc1-c1ccc3cc1C[n+]1cccc(c1-2)OC(C)(C)O3. The van der Waals surface area contributed by atoms with Gasteiger partial charge in [-0.25, -0.2) is 0 Å². The molecule has 0 saturated heterocycles.